The fourth-order valence-corrected chi connectivity index (χ4v) is 4.24. The van der Waals surface area contributed by atoms with Crippen LogP contribution in [-0.4, -0.2) is 59.2 Å². The maximum atomic E-state index is 13.4. The van der Waals surface area contributed by atoms with Gasteiger partial charge in [0.15, 0.2) is 5.78 Å². The standard InChI is InChI=1S/C25H30N4O5/c1-25(2,3)19-11-17(12-20(22(19)33-4)27-7-9-34-10-8-27)21(30)15-28-14-18-6-5-16(23(31)32)13-29(18)24(28)26/h5-6,11-14,26H,7-10,15H2,1-4H3,(H,31,32). The Hall–Kier alpha value is -3.59. The first kappa shape index (κ1) is 23.6. The summed E-state index contributed by atoms with van der Waals surface area (Å²) in [6.07, 6.45) is 3.07. The number of carboxylic acids is 1. The van der Waals surface area contributed by atoms with Crippen molar-refractivity contribution in [2.45, 2.75) is 32.7 Å². The lowest BCUT2D eigenvalue weighted by atomic mass is 9.84. The van der Waals surface area contributed by atoms with E-state index in [1.165, 1.54) is 21.2 Å². The van der Waals surface area contributed by atoms with Crippen LogP contribution in [0.25, 0.3) is 5.52 Å². The summed E-state index contributed by atoms with van der Waals surface area (Å²) in [4.78, 5) is 26.9. The zero-order chi connectivity index (χ0) is 24.6. The quantitative estimate of drug-likeness (QED) is 0.541. The molecule has 0 bridgehead atoms. The second-order valence-corrected chi connectivity index (χ2v) is 9.45. The molecule has 0 spiro atoms. The molecule has 1 saturated heterocycles. The molecule has 0 saturated carbocycles. The summed E-state index contributed by atoms with van der Waals surface area (Å²) in [6.45, 7) is 8.85. The molecule has 0 amide bonds. The van der Waals surface area contributed by atoms with Crippen LogP contribution in [-0.2, 0) is 16.7 Å². The number of nitrogens with zero attached hydrogens (tertiary/aromatic N) is 3. The van der Waals surface area contributed by atoms with Crippen LogP contribution in [0.2, 0.25) is 0 Å². The van der Waals surface area contributed by atoms with Gasteiger partial charge in [-0.15, -0.1) is 0 Å². The van der Waals surface area contributed by atoms with Crippen LogP contribution in [0.5, 0.6) is 5.75 Å². The number of aromatic carboxylic acids is 1. The number of rotatable bonds is 6. The number of methoxy groups -OCH3 is 1. The summed E-state index contributed by atoms with van der Waals surface area (Å²) in [7, 11) is 1.65. The molecule has 0 atom stereocenters. The van der Waals surface area contributed by atoms with E-state index in [1.807, 2.05) is 12.1 Å². The molecule has 0 aliphatic carbocycles. The van der Waals surface area contributed by atoms with Crippen molar-refractivity contribution in [3.63, 3.8) is 0 Å². The number of fused-ring (bicyclic) bond motifs is 1. The summed E-state index contributed by atoms with van der Waals surface area (Å²) >= 11 is 0. The van der Waals surface area contributed by atoms with Crippen LogP contribution < -0.4 is 15.3 Å². The largest absolute Gasteiger partial charge is 0.494 e. The van der Waals surface area contributed by atoms with Crippen molar-refractivity contribution in [3.05, 3.63) is 59.0 Å². The molecule has 1 aromatic carbocycles. The second-order valence-electron chi connectivity index (χ2n) is 9.45. The van der Waals surface area contributed by atoms with Crippen LogP contribution in [0.4, 0.5) is 5.69 Å². The predicted molar refractivity (Wildman–Crippen MR) is 127 cm³/mol. The number of ether oxygens (including phenoxy) is 2. The molecule has 3 heterocycles. The van der Waals surface area contributed by atoms with Gasteiger partial charge < -0.3 is 24.0 Å². The Morgan fingerprint density at radius 1 is 1.12 bits per heavy atom. The third-order valence-corrected chi connectivity index (χ3v) is 6.08. The Morgan fingerprint density at radius 2 is 1.82 bits per heavy atom. The molecular formula is C25H30N4O5. The topological polar surface area (TPSA) is 109 Å². The fraction of sp³-hybridized carbons (Fsp3) is 0.400. The SMILES string of the molecule is COc1c(N2CCOCC2)cc(C(=O)Cn2cc3ccc(C(=O)O)cn3c2=N)cc1C(C)(C)C. The van der Waals surface area contributed by atoms with Crippen molar-refractivity contribution in [2.75, 3.05) is 38.3 Å². The van der Waals surface area contributed by atoms with Crippen molar-refractivity contribution in [3.8, 4) is 5.75 Å². The van der Waals surface area contributed by atoms with Crippen LogP contribution in [0, 0.1) is 5.41 Å². The molecular weight excluding hydrogens is 436 g/mol. The first-order chi connectivity index (χ1) is 16.1. The van der Waals surface area contributed by atoms with Gasteiger partial charge in [0.2, 0.25) is 5.62 Å². The number of Topliss-reactive ketones (excluding diaryl/α,β-unsaturated/α-hetero) is 1. The van der Waals surface area contributed by atoms with Crippen molar-refractivity contribution < 1.29 is 24.2 Å². The van der Waals surface area contributed by atoms with Gasteiger partial charge in [-0.05, 0) is 29.7 Å². The lowest BCUT2D eigenvalue weighted by Crippen LogP contribution is -2.37. The Labute approximate surface area is 197 Å². The highest BCUT2D eigenvalue weighted by Crippen LogP contribution is 2.40. The Kier molecular flexibility index (Phi) is 6.22. The van der Waals surface area contributed by atoms with Gasteiger partial charge in [-0.3, -0.25) is 14.6 Å². The van der Waals surface area contributed by atoms with Crippen LogP contribution in [0.3, 0.4) is 0 Å². The lowest BCUT2D eigenvalue weighted by Gasteiger charge is -2.33. The number of benzene rings is 1. The first-order valence-electron chi connectivity index (χ1n) is 11.2. The Morgan fingerprint density at radius 3 is 2.44 bits per heavy atom. The number of hydrogen-bond acceptors (Lipinski definition) is 6. The average Bonchev–Trinajstić information content (AvgIpc) is 3.12. The normalized spacial score (nSPS) is 14.4. The molecule has 3 aromatic rings. The van der Waals surface area contributed by atoms with Crippen LogP contribution in [0.15, 0.2) is 36.7 Å². The molecule has 34 heavy (non-hydrogen) atoms. The van der Waals surface area contributed by atoms with Crippen LogP contribution in [0.1, 0.15) is 47.1 Å². The smallest absolute Gasteiger partial charge is 0.337 e. The zero-order valence-electron chi connectivity index (χ0n) is 19.9. The Balaban J connectivity index is 1.75. The molecule has 9 nitrogen and oxygen atoms in total. The molecule has 0 unspecified atom stereocenters. The molecule has 1 aliphatic rings. The van der Waals surface area contributed by atoms with Gasteiger partial charge in [-0.1, -0.05) is 20.8 Å². The lowest BCUT2D eigenvalue weighted by molar-refractivity contribution is 0.0696. The maximum Gasteiger partial charge on any atom is 0.337 e. The number of aromatic nitrogens is 2. The molecule has 180 valence electrons. The summed E-state index contributed by atoms with van der Waals surface area (Å²) in [6, 6.07) is 6.86. The van der Waals surface area contributed by atoms with Gasteiger partial charge in [0.05, 0.1) is 43.6 Å². The molecule has 4 rings (SSSR count). The van der Waals surface area contributed by atoms with E-state index in [-0.39, 0.29) is 28.9 Å². The zero-order valence-corrected chi connectivity index (χ0v) is 19.9. The number of carbonyl (C=O) groups excluding carboxylic acids is 1. The number of imidazole rings is 1. The van der Waals surface area contributed by atoms with E-state index in [4.69, 9.17) is 14.9 Å². The Bertz CT molecular complexity index is 1310. The number of anilines is 1. The minimum Gasteiger partial charge on any atom is -0.494 e. The van der Waals surface area contributed by atoms with E-state index in [2.05, 4.69) is 25.7 Å². The average molecular weight is 467 g/mol. The van der Waals surface area contributed by atoms with E-state index in [9.17, 15) is 14.7 Å². The number of morpholine rings is 1. The summed E-state index contributed by atoms with van der Waals surface area (Å²) in [5.41, 5.74) is 2.84. The third kappa shape index (κ3) is 4.43. The van der Waals surface area contributed by atoms with Gasteiger partial charge in [-0.2, -0.15) is 0 Å². The van der Waals surface area contributed by atoms with Gasteiger partial charge in [0.1, 0.15) is 5.75 Å². The molecule has 2 N–H and O–H groups in total. The highest BCUT2D eigenvalue weighted by molar-refractivity contribution is 5.98. The van der Waals surface area contributed by atoms with Crippen LogP contribution >= 0.6 is 0 Å². The van der Waals surface area contributed by atoms with Crippen molar-refractivity contribution in [2.24, 2.45) is 0 Å². The first-order valence-corrected chi connectivity index (χ1v) is 11.2. The van der Waals surface area contributed by atoms with E-state index < -0.39 is 5.97 Å². The van der Waals surface area contributed by atoms with Crippen molar-refractivity contribution >= 4 is 23.0 Å². The monoisotopic (exact) mass is 466 g/mol. The molecule has 9 heteroatoms. The molecule has 1 aliphatic heterocycles. The van der Waals surface area contributed by atoms with E-state index in [1.54, 1.807) is 19.4 Å². The van der Waals surface area contributed by atoms with Gasteiger partial charge >= 0.3 is 5.97 Å². The summed E-state index contributed by atoms with van der Waals surface area (Å²) in [5, 5.41) is 17.7. The highest BCUT2D eigenvalue weighted by Gasteiger charge is 2.27. The van der Waals surface area contributed by atoms with Gasteiger partial charge in [-0.25, -0.2) is 4.79 Å². The molecule has 2 aromatic heterocycles. The van der Waals surface area contributed by atoms with E-state index >= 15 is 0 Å². The van der Waals surface area contributed by atoms with E-state index in [0.29, 0.717) is 37.4 Å². The van der Waals surface area contributed by atoms with Crippen molar-refractivity contribution in [1.82, 2.24) is 8.97 Å². The number of carbonyl (C=O) groups is 2. The number of nitrogens with one attached hydrogen (secondary N) is 1. The van der Waals surface area contributed by atoms with E-state index in [0.717, 1.165) is 17.0 Å². The fourth-order valence-electron chi connectivity index (χ4n) is 4.24. The van der Waals surface area contributed by atoms with Crippen molar-refractivity contribution in [1.29, 1.82) is 5.41 Å². The summed E-state index contributed by atoms with van der Waals surface area (Å²) in [5.74, 6) is -0.452. The molecule has 0 radical (unpaired) electrons. The minimum atomic E-state index is -1.07. The highest BCUT2D eigenvalue weighted by atomic mass is 16.5. The minimum absolute atomic E-state index is 0.0319. The second kappa shape index (κ2) is 8.98. The number of ketones is 1. The predicted octanol–water partition coefficient (Wildman–Crippen LogP) is 2.94. The molecule has 1 fully saturated rings. The summed E-state index contributed by atoms with van der Waals surface area (Å²) < 4.78 is 14.3. The van der Waals surface area contributed by atoms with Gasteiger partial charge in [0, 0.05) is 36.6 Å². The van der Waals surface area contributed by atoms with Gasteiger partial charge in [0.25, 0.3) is 0 Å². The number of pyridine rings is 1. The number of carboxylic acid groups (broad SMARTS) is 1. The maximum absolute atomic E-state index is 13.4. The third-order valence-electron chi connectivity index (χ3n) is 6.08. The number of hydrogen-bond donors (Lipinski definition) is 2.